The fraction of sp³-hybridized carbons (Fsp3) is 0.400. The predicted molar refractivity (Wildman–Crippen MR) is 73.1 cm³/mol. The third kappa shape index (κ3) is 2.68. The van der Waals surface area contributed by atoms with Crippen LogP contribution in [0.1, 0.15) is 31.4 Å². The van der Waals surface area contributed by atoms with E-state index < -0.39 is 17.8 Å². The van der Waals surface area contributed by atoms with Crippen LogP contribution in [0.15, 0.2) is 42.7 Å². The van der Waals surface area contributed by atoms with Crippen molar-refractivity contribution in [2.24, 2.45) is 0 Å². The first-order chi connectivity index (χ1) is 9.91. The van der Waals surface area contributed by atoms with E-state index in [2.05, 4.69) is 10.4 Å². The number of hydrogen-bond acceptors (Lipinski definition) is 2. The normalized spacial score (nSPS) is 18.5. The SMILES string of the molecule is CC(NC1(C(F)(F)F)CC1)c1cnn(-c2ccccc2)c1. The quantitative estimate of drug-likeness (QED) is 0.933. The lowest BCUT2D eigenvalue weighted by atomic mass is 10.1. The molecule has 1 aliphatic carbocycles. The lowest BCUT2D eigenvalue weighted by Gasteiger charge is -2.24. The van der Waals surface area contributed by atoms with Crippen LogP contribution in [0.3, 0.4) is 0 Å². The van der Waals surface area contributed by atoms with Crippen LogP contribution in [0, 0.1) is 0 Å². The smallest absolute Gasteiger partial charge is 0.297 e. The third-order valence-corrected chi connectivity index (χ3v) is 3.91. The number of benzene rings is 1. The molecule has 21 heavy (non-hydrogen) atoms. The minimum absolute atomic E-state index is 0.146. The molecule has 6 heteroatoms. The van der Waals surface area contributed by atoms with Crippen LogP contribution in [0.2, 0.25) is 0 Å². The van der Waals surface area contributed by atoms with Crippen LogP contribution >= 0.6 is 0 Å². The first kappa shape index (κ1) is 14.1. The molecule has 112 valence electrons. The van der Waals surface area contributed by atoms with Gasteiger partial charge in [-0.1, -0.05) is 18.2 Å². The van der Waals surface area contributed by atoms with Gasteiger partial charge < -0.3 is 0 Å². The molecular weight excluding hydrogens is 279 g/mol. The first-order valence-corrected chi connectivity index (χ1v) is 6.86. The number of rotatable bonds is 4. The molecule has 3 rings (SSSR count). The average Bonchev–Trinajstić information content (AvgIpc) is 3.07. The van der Waals surface area contributed by atoms with Gasteiger partial charge in [0.15, 0.2) is 0 Å². The largest absolute Gasteiger partial charge is 0.406 e. The lowest BCUT2D eigenvalue weighted by molar-refractivity contribution is -0.167. The van der Waals surface area contributed by atoms with E-state index in [1.165, 1.54) is 0 Å². The molecule has 0 amide bonds. The second-order valence-corrected chi connectivity index (χ2v) is 5.50. The number of nitrogens with zero attached hydrogens (tertiary/aromatic N) is 2. The molecule has 1 atom stereocenters. The zero-order valence-corrected chi connectivity index (χ0v) is 11.6. The summed E-state index contributed by atoms with van der Waals surface area (Å²) < 4.78 is 40.5. The summed E-state index contributed by atoms with van der Waals surface area (Å²) in [4.78, 5) is 0. The predicted octanol–water partition coefficient (Wildman–Crippen LogP) is 3.62. The Bertz CT molecular complexity index is 615. The minimum atomic E-state index is -4.20. The molecule has 1 aliphatic rings. The number of alkyl halides is 3. The molecule has 0 aliphatic heterocycles. The fourth-order valence-electron chi connectivity index (χ4n) is 2.41. The van der Waals surface area contributed by atoms with Crippen molar-refractivity contribution < 1.29 is 13.2 Å². The van der Waals surface area contributed by atoms with Crippen molar-refractivity contribution >= 4 is 0 Å². The van der Waals surface area contributed by atoms with Gasteiger partial charge in [-0.15, -0.1) is 0 Å². The summed E-state index contributed by atoms with van der Waals surface area (Å²) in [6.07, 6.45) is -0.533. The summed E-state index contributed by atoms with van der Waals surface area (Å²) in [5, 5.41) is 6.93. The van der Waals surface area contributed by atoms with Gasteiger partial charge in [0.1, 0.15) is 5.54 Å². The Morgan fingerprint density at radius 2 is 1.90 bits per heavy atom. The summed E-state index contributed by atoms with van der Waals surface area (Å²) in [5.74, 6) is 0. The molecule has 0 saturated heterocycles. The van der Waals surface area contributed by atoms with Crippen LogP contribution < -0.4 is 5.32 Å². The van der Waals surface area contributed by atoms with Gasteiger partial charge in [0, 0.05) is 17.8 Å². The zero-order valence-electron chi connectivity index (χ0n) is 11.6. The number of halogens is 3. The van der Waals surface area contributed by atoms with E-state index in [1.807, 2.05) is 30.3 Å². The van der Waals surface area contributed by atoms with Crippen LogP contribution in [0.25, 0.3) is 5.69 Å². The van der Waals surface area contributed by atoms with Gasteiger partial charge in [0.25, 0.3) is 0 Å². The van der Waals surface area contributed by atoms with Crippen molar-refractivity contribution in [2.45, 2.75) is 37.5 Å². The minimum Gasteiger partial charge on any atom is -0.297 e. The second-order valence-electron chi connectivity index (χ2n) is 5.50. The highest BCUT2D eigenvalue weighted by molar-refractivity contribution is 5.31. The molecule has 1 aromatic heterocycles. The fourth-order valence-corrected chi connectivity index (χ4v) is 2.41. The highest BCUT2D eigenvalue weighted by atomic mass is 19.4. The van der Waals surface area contributed by atoms with E-state index in [4.69, 9.17) is 0 Å². The Morgan fingerprint density at radius 1 is 1.24 bits per heavy atom. The van der Waals surface area contributed by atoms with Gasteiger partial charge in [0.05, 0.1) is 11.9 Å². The zero-order chi connectivity index (χ0) is 15.1. The third-order valence-electron chi connectivity index (χ3n) is 3.91. The van der Waals surface area contributed by atoms with E-state index in [0.717, 1.165) is 11.3 Å². The van der Waals surface area contributed by atoms with E-state index in [1.54, 1.807) is 24.0 Å². The molecule has 2 aromatic rings. The molecule has 0 spiro atoms. The molecule has 1 saturated carbocycles. The van der Waals surface area contributed by atoms with Crippen molar-refractivity contribution in [3.8, 4) is 5.69 Å². The molecule has 1 heterocycles. The van der Waals surface area contributed by atoms with Crippen molar-refractivity contribution in [3.05, 3.63) is 48.3 Å². The Morgan fingerprint density at radius 3 is 2.48 bits per heavy atom. The van der Waals surface area contributed by atoms with Crippen LogP contribution in [0.4, 0.5) is 13.2 Å². The van der Waals surface area contributed by atoms with Gasteiger partial charge in [-0.05, 0) is 31.9 Å². The van der Waals surface area contributed by atoms with Gasteiger partial charge >= 0.3 is 6.18 Å². The van der Waals surface area contributed by atoms with E-state index in [-0.39, 0.29) is 12.8 Å². The van der Waals surface area contributed by atoms with Gasteiger partial charge in [-0.2, -0.15) is 18.3 Å². The molecular formula is C15H16F3N3. The maximum Gasteiger partial charge on any atom is 0.406 e. The van der Waals surface area contributed by atoms with E-state index in [9.17, 15) is 13.2 Å². The molecule has 1 unspecified atom stereocenters. The highest BCUT2D eigenvalue weighted by Gasteiger charge is 2.63. The molecule has 1 fully saturated rings. The second kappa shape index (κ2) is 4.87. The van der Waals surface area contributed by atoms with E-state index in [0.29, 0.717) is 0 Å². The van der Waals surface area contributed by atoms with Crippen molar-refractivity contribution in [3.63, 3.8) is 0 Å². The Hall–Kier alpha value is -1.82. The topological polar surface area (TPSA) is 29.9 Å². The number of para-hydroxylation sites is 1. The Labute approximate surface area is 120 Å². The maximum absolute atomic E-state index is 13.0. The van der Waals surface area contributed by atoms with Crippen LogP contribution in [0.5, 0.6) is 0 Å². The molecule has 0 radical (unpaired) electrons. The summed E-state index contributed by atoms with van der Waals surface area (Å²) in [6, 6.07) is 9.08. The van der Waals surface area contributed by atoms with Crippen LogP contribution in [-0.2, 0) is 0 Å². The molecule has 3 nitrogen and oxygen atoms in total. The standard InChI is InChI=1S/C15H16F3N3/c1-11(20-14(7-8-14)15(16,17)18)12-9-19-21(10-12)13-5-3-2-4-6-13/h2-6,9-11,20H,7-8H2,1H3. The van der Waals surface area contributed by atoms with Gasteiger partial charge in [-0.3, -0.25) is 5.32 Å². The van der Waals surface area contributed by atoms with Crippen molar-refractivity contribution in [1.82, 2.24) is 15.1 Å². The van der Waals surface area contributed by atoms with Gasteiger partial charge in [-0.25, -0.2) is 4.68 Å². The molecule has 0 bridgehead atoms. The van der Waals surface area contributed by atoms with E-state index >= 15 is 0 Å². The first-order valence-electron chi connectivity index (χ1n) is 6.86. The van der Waals surface area contributed by atoms with Crippen LogP contribution in [-0.4, -0.2) is 21.5 Å². The lowest BCUT2D eigenvalue weighted by Crippen LogP contribution is -2.45. The summed E-state index contributed by atoms with van der Waals surface area (Å²) >= 11 is 0. The highest BCUT2D eigenvalue weighted by Crippen LogP contribution is 2.50. The Balaban J connectivity index is 1.75. The van der Waals surface area contributed by atoms with Crippen molar-refractivity contribution in [2.75, 3.05) is 0 Å². The number of nitrogens with one attached hydrogen (secondary N) is 1. The summed E-state index contributed by atoms with van der Waals surface area (Å²) in [5.41, 5.74) is -0.0800. The monoisotopic (exact) mass is 295 g/mol. The molecule has 1 N–H and O–H groups in total. The van der Waals surface area contributed by atoms with Gasteiger partial charge in [0.2, 0.25) is 0 Å². The summed E-state index contributed by atoms with van der Waals surface area (Å²) in [7, 11) is 0. The molecule has 1 aromatic carbocycles. The number of aromatic nitrogens is 2. The average molecular weight is 295 g/mol. The number of hydrogen-bond donors (Lipinski definition) is 1. The van der Waals surface area contributed by atoms with Crippen molar-refractivity contribution in [1.29, 1.82) is 0 Å². The maximum atomic E-state index is 13.0. The summed E-state index contributed by atoms with van der Waals surface area (Å²) in [6.45, 7) is 1.73. The Kier molecular flexibility index (Phi) is 3.28.